The number of oxime groups is 1. The maximum absolute atomic E-state index is 12.3. The van der Waals surface area contributed by atoms with E-state index in [9.17, 15) is 4.79 Å². The normalized spacial score (nSPS) is 14.6. The van der Waals surface area contributed by atoms with Crippen LogP contribution in [0.25, 0.3) is 0 Å². The molecule has 1 aliphatic rings. The molecule has 23 heavy (non-hydrogen) atoms. The summed E-state index contributed by atoms with van der Waals surface area (Å²) in [5.74, 6) is 0.444. The summed E-state index contributed by atoms with van der Waals surface area (Å²) in [5, 5.41) is 10.9. The molecule has 0 atom stereocenters. The number of nitrogens with one attached hydrogen (secondary N) is 1. The van der Waals surface area contributed by atoms with Gasteiger partial charge in [0.05, 0.1) is 17.1 Å². The van der Waals surface area contributed by atoms with Gasteiger partial charge in [-0.1, -0.05) is 27.8 Å². The van der Waals surface area contributed by atoms with Crippen LogP contribution in [0.2, 0.25) is 0 Å². The Morgan fingerprint density at radius 1 is 1.43 bits per heavy atom. The number of anilines is 1. The fraction of sp³-hybridized carbons (Fsp3) is 0.375. The molecule has 0 aliphatic heterocycles. The second-order valence-corrected chi connectivity index (χ2v) is 6.36. The standard InChI is InChI=1S/C16H18N4O2S/c1-10(19-22-9-12-7-8-12)13-5-3-4-6-14(13)17-16(21)15-11(2)18-20-23-15/h3-6,12H,7-9H2,1-2H3,(H,17,21)/b19-10+. The molecule has 7 heteroatoms. The minimum Gasteiger partial charge on any atom is -0.395 e. The highest BCUT2D eigenvalue weighted by molar-refractivity contribution is 7.08. The average Bonchev–Trinajstić information content (AvgIpc) is 3.26. The number of nitrogens with zero attached hydrogens (tertiary/aromatic N) is 3. The molecule has 2 aromatic rings. The summed E-state index contributed by atoms with van der Waals surface area (Å²) >= 11 is 1.09. The molecule has 1 aliphatic carbocycles. The van der Waals surface area contributed by atoms with Crippen molar-refractivity contribution < 1.29 is 9.63 Å². The molecule has 1 amide bonds. The van der Waals surface area contributed by atoms with Gasteiger partial charge in [0.1, 0.15) is 11.5 Å². The lowest BCUT2D eigenvalue weighted by Gasteiger charge is -2.10. The van der Waals surface area contributed by atoms with Gasteiger partial charge in [0, 0.05) is 5.56 Å². The van der Waals surface area contributed by atoms with Gasteiger partial charge in [0.2, 0.25) is 0 Å². The third-order valence-electron chi connectivity index (χ3n) is 3.63. The quantitative estimate of drug-likeness (QED) is 0.651. The maximum atomic E-state index is 12.3. The van der Waals surface area contributed by atoms with Crippen molar-refractivity contribution in [3.63, 3.8) is 0 Å². The topological polar surface area (TPSA) is 76.5 Å². The van der Waals surface area contributed by atoms with E-state index in [1.807, 2.05) is 31.2 Å². The Bertz CT molecular complexity index is 737. The van der Waals surface area contributed by atoms with Crippen LogP contribution < -0.4 is 5.32 Å². The van der Waals surface area contributed by atoms with Crippen molar-refractivity contribution >= 4 is 28.8 Å². The monoisotopic (exact) mass is 330 g/mol. The molecule has 3 rings (SSSR count). The molecule has 1 aromatic carbocycles. The summed E-state index contributed by atoms with van der Waals surface area (Å²) in [5.41, 5.74) is 2.90. The maximum Gasteiger partial charge on any atom is 0.269 e. The van der Waals surface area contributed by atoms with E-state index < -0.39 is 0 Å². The van der Waals surface area contributed by atoms with Crippen molar-refractivity contribution in [3.8, 4) is 0 Å². The van der Waals surface area contributed by atoms with Crippen molar-refractivity contribution in [1.29, 1.82) is 0 Å². The fourth-order valence-corrected chi connectivity index (χ4v) is 2.65. The van der Waals surface area contributed by atoms with E-state index in [2.05, 4.69) is 20.1 Å². The number of carbonyl (C=O) groups is 1. The van der Waals surface area contributed by atoms with Crippen LogP contribution in [0, 0.1) is 12.8 Å². The van der Waals surface area contributed by atoms with Crippen LogP contribution in [0.4, 0.5) is 5.69 Å². The van der Waals surface area contributed by atoms with Crippen molar-refractivity contribution in [3.05, 3.63) is 40.4 Å². The Balaban J connectivity index is 1.74. The van der Waals surface area contributed by atoms with Gasteiger partial charge in [0.25, 0.3) is 5.91 Å². The van der Waals surface area contributed by atoms with E-state index >= 15 is 0 Å². The van der Waals surface area contributed by atoms with E-state index in [4.69, 9.17) is 4.84 Å². The molecule has 1 aromatic heterocycles. The Morgan fingerprint density at radius 2 is 2.22 bits per heavy atom. The van der Waals surface area contributed by atoms with Gasteiger partial charge in [-0.3, -0.25) is 4.79 Å². The number of amides is 1. The zero-order valence-corrected chi connectivity index (χ0v) is 13.9. The number of benzene rings is 1. The van der Waals surface area contributed by atoms with Crippen LogP contribution in [0.1, 0.15) is 40.7 Å². The van der Waals surface area contributed by atoms with Crippen molar-refractivity contribution in [2.75, 3.05) is 11.9 Å². The molecule has 0 radical (unpaired) electrons. The smallest absolute Gasteiger partial charge is 0.269 e. The zero-order chi connectivity index (χ0) is 16.2. The fourth-order valence-electron chi connectivity index (χ4n) is 2.10. The summed E-state index contributed by atoms with van der Waals surface area (Å²) in [6, 6.07) is 7.53. The highest BCUT2D eigenvalue weighted by Gasteiger charge is 2.22. The Kier molecular flexibility index (Phi) is 4.66. The molecule has 120 valence electrons. The molecular weight excluding hydrogens is 312 g/mol. The highest BCUT2D eigenvalue weighted by atomic mass is 32.1. The summed E-state index contributed by atoms with van der Waals surface area (Å²) in [6.07, 6.45) is 2.45. The van der Waals surface area contributed by atoms with Crippen molar-refractivity contribution in [2.45, 2.75) is 26.7 Å². The first kappa shape index (κ1) is 15.6. The highest BCUT2D eigenvalue weighted by Crippen LogP contribution is 2.29. The van der Waals surface area contributed by atoms with Crippen LogP contribution in [0.5, 0.6) is 0 Å². The van der Waals surface area contributed by atoms with Crippen molar-refractivity contribution in [2.24, 2.45) is 11.1 Å². The van der Waals surface area contributed by atoms with Gasteiger partial charge < -0.3 is 10.2 Å². The van der Waals surface area contributed by atoms with Crippen LogP contribution in [-0.4, -0.2) is 27.8 Å². The molecule has 0 saturated heterocycles. The minimum atomic E-state index is -0.211. The first-order valence-corrected chi connectivity index (χ1v) is 8.28. The van der Waals surface area contributed by atoms with Crippen molar-refractivity contribution in [1.82, 2.24) is 9.59 Å². The van der Waals surface area contributed by atoms with Gasteiger partial charge in [0.15, 0.2) is 0 Å². The second kappa shape index (κ2) is 6.87. The van der Waals surface area contributed by atoms with Crippen LogP contribution >= 0.6 is 11.5 Å². The third-order valence-corrected chi connectivity index (χ3v) is 4.46. The number of para-hydroxylation sites is 1. The zero-order valence-electron chi connectivity index (χ0n) is 13.1. The average molecular weight is 330 g/mol. The van der Waals surface area contributed by atoms with E-state index in [-0.39, 0.29) is 5.91 Å². The predicted molar refractivity (Wildman–Crippen MR) is 89.9 cm³/mol. The molecule has 0 spiro atoms. The van der Waals surface area contributed by atoms with Gasteiger partial charge in [-0.25, -0.2) is 0 Å². The molecular formula is C16H18N4O2S. The Labute approximate surface area is 138 Å². The lowest BCUT2D eigenvalue weighted by atomic mass is 10.1. The largest absolute Gasteiger partial charge is 0.395 e. The summed E-state index contributed by atoms with van der Waals surface area (Å²) in [6.45, 7) is 4.30. The number of aromatic nitrogens is 2. The molecule has 1 saturated carbocycles. The molecule has 6 nitrogen and oxygen atoms in total. The van der Waals surface area contributed by atoms with E-state index in [0.717, 1.165) is 22.8 Å². The van der Waals surface area contributed by atoms with Gasteiger partial charge in [-0.15, -0.1) is 5.10 Å². The Morgan fingerprint density at radius 3 is 2.91 bits per heavy atom. The third kappa shape index (κ3) is 3.92. The predicted octanol–water partition coefficient (Wildman–Crippen LogP) is 3.25. The Hall–Kier alpha value is -2.28. The van der Waals surface area contributed by atoms with E-state index in [1.54, 1.807) is 6.92 Å². The SMILES string of the molecule is C/C(=N\OCC1CC1)c1ccccc1NC(=O)c1snnc1C. The van der Waals surface area contributed by atoms with E-state index in [0.29, 0.717) is 28.8 Å². The molecule has 1 heterocycles. The molecule has 1 fully saturated rings. The summed E-state index contributed by atoms with van der Waals surface area (Å²) < 4.78 is 3.79. The van der Waals surface area contributed by atoms with Crippen LogP contribution in [0.15, 0.2) is 29.4 Å². The summed E-state index contributed by atoms with van der Waals surface area (Å²) in [4.78, 5) is 18.2. The van der Waals surface area contributed by atoms with Crippen LogP contribution in [0.3, 0.4) is 0 Å². The molecule has 0 unspecified atom stereocenters. The number of hydrogen-bond acceptors (Lipinski definition) is 6. The molecule has 0 bridgehead atoms. The minimum absolute atomic E-state index is 0.211. The number of hydrogen-bond donors (Lipinski definition) is 1. The number of aryl methyl sites for hydroxylation is 1. The first-order valence-electron chi connectivity index (χ1n) is 7.51. The van der Waals surface area contributed by atoms with Crippen LogP contribution in [-0.2, 0) is 4.84 Å². The van der Waals surface area contributed by atoms with Gasteiger partial charge in [-0.05, 0) is 50.2 Å². The molecule has 1 N–H and O–H groups in total. The lowest BCUT2D eigenvalue weighted by molar-refractivity contribution is 0.102. The van der Waals surface area contributed by atoms with Gasteiger partial charge in [-0.2, -0.15) is 0 Å². The first-order chi connectivity index (χ1) is 11.1. The lowest BCUT2D eigenvalue weighted by Crippen LogP contribution is -2.14. The number of rotatable bonds is 6. The second-order valence-electron chi connectivity index (χ2n) is 5.60. The van der Waals surface area contributed by atoms with Gasteiger partial charge >= 0.3 is 0 Å². The van der Waals surface area contributed by atoms with E-state index in [1.165, 1.54) is 12.8 Å². The number of carbonyl (C=O) groups excluding carboxylic acids is 1. The summed E-state index contributed by atoms with van der Waals surface area (Å²) in [7, 11) is 0.